The summed E-state index contributed by atoms with van der Waals surface area (Å²) in [5.41, 5.74) is 7.74. The maximum atomic E-state index is 12.4. The average Bonchev–Trinajstić information content (AvgIpc) is 3.47. The van der Waals surface area contributed by atoms with Gasteiger partial charge in [-0.15, -0.1) is 21.5 Å². The number of anilines is 1. The van der Waals surface area contributed by atoms with Crippen LogP contribution in [0.5, 0.6) is 11.5 Å². The van der Waals surface area contributed by atoms with Crippen LogP contribution >= 0.6 is 11.3 Å². The highest BCUT2D eigenvalue weighted by atomic mass is 32.1. The smallest absolute Gasteiger partial charge is 0.308 e. The van der Waals surface area contributed by atoms with Gasteiger partial charge >= 0.3 is 5.97 Å². The van der Waals surface area contributed by atoms with E-state index in [9.17, 15) is 4.79 Å². The highest BCUT2D eigenvalue weighted by molar-refractivity contribution is 7.15. The van der Waals surface area contributed by atoms with E-state index < -0.39 is 6.04 Å². The van der Waals surface area contributed by atoms with Crippen LogP contribution in [0.1, 0.15) is 56.8 Å². The fourth-order valence-corrected chi connectivity index (χ4v) is 6.91. The third kappa shape index (κ3) is 4.65. The number of hydrogen-bond donors (Lipinski definition) is 0. The first-order valence-electron chi connectivity index (χ1n) is 13.6. The number of fused-ring (bicyclic) bond motifs is 4. The molecule has 0 aliphatic carbocycles. The number of carbonyl (C=O) groups excluding carboxylic acids is 1. The first-order chi connectivity index (χ1) is 19.8. The SMILES string of the molecule is COC(=O)C[C@@H]1N=C(c2ccc(N3CCc4cc(OC)c(OC)cc4C3)cc2)c2c(sc(C)c2C)-n2c(C)nnc21. The lowest BCUT2D eigenvalue weighted by molar-refractivity contribution is -0.141. The molecule has 0 fully saturated rings. The van der Waals surface area contributed by atoms with Gasteiger partial charge in [0.25, 0.3) is 0 Å². The lowest BCUT2D eigenvalue weighted by Gasteiger charge is -2.31. The quantitative estimate of drug-likeness (QED) is 0.291. The van der Waals surface area contributed by atoms with Crippen molar-refractivity contribution in [3.8, 4) is 16.5 Å². The number of benzene rings is 2. The van der Waals surface area contributed by atoms with Gasteiger partial charge in [0.15, 0.2) is 17.3 Å². The predicted octanol–water partition coefficient (Wildman–Crippen LogP) is 5.29. The standard InChI is InChI=1S/C31H33N5O4S/c1-17-18(2)41-31-28(17)29(32-24(15-27(37)40-6)30-34-33-19(3)36(30)31)20-7-9-23(10-8-20)35-12-11-21-13-25(38-4)26(39-5)14-22(21)16-35/h7-10,13-14,24H,11-12,15-16H2,1-6H3/t24-/m0/s1. The molecule has 4 aromatic rings. The summed E-state index contributed by atoms with van der Waals surface area (Å²) in [4.78, 5) is 21.2. The zero-order chi connectivity index (χ0) is 28.8. The number of esters is 1. The minimum atomic E-state index is -0.511. The first kappa shape index (κ1) is 27.0. The molecule has 4 heterocycles. The lowest BCUT2D eigenvalue weighted by atomic mass is 9.97. The summed E-state index contributed by atoms with van der Waals surface area (Å²) in [6.45, 7) is 7.88. The fraction of sp³-hybridized carbons (Fsp3) is 0.355. The van der Waals surface area contributed by atoms with E-state index >= 15 is 0 Å². The molecule has 1 atom stereocenters. The molecule has 212 valence electrons. The second-order valence-corrected chi connectivity index (χ2v) is 11.6. The van der Waals surface area contributed by atoms with E-state index in [4.69, 9.17) is 19.2 Å². The van der Waals surface area contributed by atoms with Gasteiger partial charge in [0, 0.05) is 34.8 Å². The van der Waals surface area contributed by atoms with Gasteiger partial charge in [0.05, 0.1) is 33.5 Å². The second kappa shape index (κ2) is 10.7. The fourth-order valence-electron chi connectivity index (χ4n) is 5.70. The summed E-state index contributed by atoms with van der Waals surface area (Å²) < 4.78 is 18.1. The Morgan fingerprint density at radius 1 is 1.00 bits per heavy atom. The highest BCUT2D eigenvalue weighted by Gasteiger charge is 2.32. The molecular formula is C31H33N5O4S. The van der Waals surface area contributed by atoms with Gasteiger partial charge in [0.1, 0.15) is 16.9 Å². The number of methoxy groups -OCH3 is 3. The average molecular weight is 572 g/mol. The number of aliphatic imine (C=N–C) groups is 1. The van der Waals surface area contributed by atoms with Gasteiger partial charge in [0.2, 0.25) is 0 Å². The van der Waals surface area contributed by atoms with Crippen molar-refractivity contribution in [1.29, 1.82) is 0 Å². The van der Waals surface area contributed by atoms with Crippen LogP contribution in [0, 0.1) is 20.8 Å². The third-order valence-electron chi connectivity index (χ3n) is 8.05. The van der Waals surface area contributed by atoms with Crippen molar-refractivity contribution < 1.29 is 19.0 Å². The van der Waals surface area contributed by atoms with Crippen molar-refractivity contribution in [2.75, 3.05) is 32.8 Å². The summed E-state index contributed by atoms with van der Waals surface area (Å²) in [6, 6.07) is 12.2. The normalized spacial score (nSPS) is 15.8. The van der Waals surface area contributed by atoms with E-state index in [1.807, 2.05) is 11.5 Å². The van der Waals surface area contributed by atoms with E-state index in [1.54, 1.807) is 25.6 Å². The lowest BCUT2D eigenvalue weighted by Crippen LogP contribution is -2.30. The van der Waals surface area contributed by atoms with Crippen LogP contribution in [0.2, 0.25) is 0 Å². The molecule has 0 spiro atoms. The maximum absolute atomic E-state index is 12.4. The molecule has 2 aliphatic rings. The molecule has 0 saturated heterocycles. The minimum Gasteiger partial charge on any atom is -0.493 e. The molecule has 2 aliphatic heterocycles. The van der Waals surface area contributed by atoms with Gasteiger partial charge in [-0.3, -0.25) is 14.4 Å². The second-order valence-electron chi connectivity index (χ2n) is 10.4. The molecule has 0 unspecified atom stereocenters. The van der Waals surface area contributed by atoms with Crippen LogP contribution < -0.4 is 14.4 Å². The Balaban J connectivity index is 1.37. The monoisotopic (exact) mass is 571 g/mol. The summed E-state index contributed by atoms with van der Waals surface area (Å²) in [6.07, 6.45) is 1.01. The van der Waals surface area contributed by atoms with E-state index in [-0.39, 0.29) is 12.4 Å². The van der Waals surface area contributed by atoms with Crippen LogP contribution in [0.4, 0.5) is 5.69 Å². The molecule has 6 rings (SSSR count). The first-order valence-corrected chi connectivity index (χ1v) is 14.4. The van der Waals surface area contributed by atoms with Gasteiger partial charge < -0.3 is 19.1 Å². The Hall–Kier alpha value is -4.18. The van der Waals surface area contributed by atoms with Gasteiger partial charge in [-0.25, -0.2) is 0 Å². The van der Waals surface area contributed by atoms with E-state index in [2.05, 4.69) is 65.3 Å². The van der Waals surface area contributed by atoms with E-state index in [0.29, 0.717) is 5.82 Å². The van der Waals surface area contributed by atoms with Crippen molar-refractivity contribution in [3.63, 3.8) is 0 Å². The van der Waals surface area contributed by atoms with Crippen molar-refractivity contribution in [2.45, 2.75) is 46.2 Å². The van der Waals surface area contributed by atoms with Crippen LogP contribution in [-0.2, 0) is 22.5 Å². The van der Waals surface area contributed by atoms with Gasteiger partial charge in [-0.05, 0) is 68.1 Å². The van der Waals surface area contributed by atoms with Crippen LogP contribution in [-0.4, -0.2) is 54.3 Å². The van der Waals surface area contributed by atoms with Crippen molar-refractivity contribution >= 4 is 28.7 Å². The van der Waals surface area contributed by atoms with E-state index in [1.165, 1.54) is 28.7 Å². The number of thiophene rings is 1. The number of hydrogen-bond acceptors (Lipinski definition) is 9. The Morgan fingerprint density at radius 2 is 1.71 bits per heavy atom. The predicted molar refractivity (Wildman–Crippen MR) is 159 cm³/mol. The molecule has 41 heavy (non-hydrogen) atoms. The molecule has 0 amide bonds. The number of rotatable bonds is 6. The molecule has 2 aromatic carbocycles. The Bertz CT molecular complexity index is 1670. The number of nitrogens with zero attached hydrogens (tertiary/aromatic N) is 5. The van der Waals surface area contributed by atoms with Crippen molar-refractivity contribution in [1.82, 2.24) is 14.8 Å². The Kier molecular flexibility index (Phi) is 7.03. The Morgan fingerprint density at radius 3 is 2.39 bits per heavy atom. The highest BCUT2D eigenvalue weighted by Crippen LogP contribution is 2.40. The molecule has 0 N–H and O–H groups in total. The molecule has 0 saturated carbocycles. The zero-order valence-corrected chi connectivity index (χ0v) is 25.0. The molecule has 10 heteroatoms. The van der Waals surface area contributed by atoms with E-state index in [0.717, 1.165) is 64.4 Å². The molecule has 2 aromatic heterocycles. The van der Waals surface area contributed by atoms with Crippen molar-refractivity contribution in [3.05, 3.63) is 80.7 Å². The molecular weight excluding hydrogens is 538 g/mol. The zero-order valence-electron chi connectivity index (χ0n) is 24.1. The topological polar surface area (TPSA) is 91.1 Å². The third-order valence-corrected chi connectivity index (χ3v) is 9.24. The van der Waals surface area contributed by atoms with Crippen LogP contribution in [0.3, 0.4) is 0 Å². The minimum absolute atomic E-state index is 0.0879. The maximum Gasteiger partial charge on any atom is 0.308 e. The molecule has 0 bridgehead atoms. The van der Waals surface area contributed by atoms with Crippen LogP contribution in [0.25, 0.3) is 5.00 Å². The largest absolute Gasteiger partial charge is 0.493 e. The number of aryl methyl sites for hydroxylation is 2. The molecule has 0 radical (unpaired) electrons. The summed E-state index contributed by atoms with van der Waals surface area (Å²) in [5, 5.41) is 9.82. The number of carbonyl (C=O) groups is 1. The van der Waals surface area contributed by atoms with Gasteiger partial charge in [-0.1, -0.05) is 12.1 Å². The summed E-state index contributed by atoms with van der Waals surface area (Å²) in [5.74, 6) is 2.60. The molecule has 9 nitrogen and oxygen atoms in total. The summed E-state index contributed by atoms with van der Waals surface area (Å²) in [7, 11) is 4.74. The van der Waals surface area contributed by atoms with Crippen molar-refractivity contribution in [2.24, 2.45) is 4.99 Å². The number of aromatic nitrogens is 3. The number of ether oxygens (including phenoxy) is 3. The Labute approximate surface area is 243 Å². The van der Waals surface area contributed by atoms with Gasteiger partial charge in [-0.2, -0.15) is 0 Å². The summed E-state index contributed by atoms with van der Waals surface area (Å²) >= 11 is 1.70. The van der Waals surface area contributed by atoms with Crippen LogP contribution in [0.15, 0.2) is 41.4 Å².